The van der Waals surface area contributed by atoms with Crippen molar-refractivity contribution in [1.82, 2.24) is 20.2 Å². The molecular weight excluding hydrogens is 344 g/mol. The topological polar surface area (TPSA) is 116 Å². The monoisotopic (exact) mass is 362 g/mol. The minimum Gasteiger partial charge on any atom is -0.325 e. The molecule has 0 atom stereocenters. The van der Waals surface area contributed by atoms with Crippen molar-refractivity contribution >= 4 is 29.0 Å². The number of carbonyl (C=O) groups is 1. The van der Waals surface area contributed by atoms with Crippen LogP contribution >= 0.6 is 11.8 Å². The molecule has 0 bridgehead atoms. The lowest BCUT2D eigenvalue weighted by Gasteiger charge is -2.10. The molecule has 0 spiro atoms. The first-order valence-electron chi connectivity index (χ1n) is 8.00. The highest BCUT2D eigenvalue weighted by molar-refractivity contribution is 7.99. The van der Waals surface area contributed by atoms with E-state index in [0.717, 1.165) is 12.8 Å². The number of nitrogens with zero attached hydrogens (tertiary/aromatic N) is 5. The van der Waals surface area contributed by atoms with Gasteiger partial charge in [-0.2, -0.15) is 0 Å². The van der Waals surface area contributed by atoms with E-state index in [2.05, 4.69) is 20.8 Å². The molecule has 0 unspecified atom stereocenters. The Labute approximate surface area is 148 Å². The maximum absolute atomic E-state index is 12.1. The fraction of sp³-hybridized carbons (Fsp3) is 0.467. The van der Waals surface area contributed by atoms with Crippen LogP contribution in [0.15, 0.2) is 23.4 Å². The van der Waals surface area contributed by atoms with Crippen molar-refractivity contribution in [3.63, 3.8) is 0 Å². The van der Waals surface area contributed by atoms with Gasteiger partial charge in [-0.25, -0.2) is 4.68 Å². The number of thioether (sulfide) groups is 1. The lowest BCUT2D eigenvalue weighted by molar-refractivity contribution is -0.385. The van der Waals surface area contributed by atoms with Crippen LogP contribution in [0.2, 0.25) is 0 Å². The van der Waals surface area contributed by atoms with Gasteiger partial charge < -0.3 is 5.32 Å². The van der Waals surface area contributed by atoms with Gasteiger partial charge in [0.25, 0.3) is 5.69 Å². The Hall–Kier alpha value is -2.49. The molecule has 1 aliphatic carbocycles. The molecule has 1 aliphatic rings. The Morgan fingerprint density at radius 2 is 2.20 bits per heavy atom. The summed E-state index contributed by atoms with van der Waals surface area (Å²) in [6, 6.07) is 4.93. The van der Waals surface area contributed by atoms with Crippen LogP contribution in [0.4, 0.5) is 11.4 Å². The highest BCUT2D eigenvalue weighted by atomic mass is 32.2. The molecule has 1 saturated carbocycles. The summed E-state index contributed by atoms with van der Waals surface area (Å²) in [6.07, 6.45) is 4.44. The Morgan fingerprint density at radius 3 is 2.92 bits per heavy atom. The normalized spacial score (nSPS) is 14.6. The van der Waals surface area contributed by atoms with Gasteiger partial charge in [-0.3, -0.25) is 14.9 Å². The minimum atomic E-state index is -0.463. The van der Waals surface area contributed by atoms with Crippen molar-refractivity contribution in [3.05, 3.63) is 33.9 Å². The van der Waals surface area contributed by atoms with Gasteiger partial charge in [0.05, 0.1) is 16.7 Å². The second-order valence-corrected chi connectivity index (χ2v) is 6.88. The van der Waals surface area contributed by atoms with Crippen molar-refractivity contribution in [2.45, 2.75) is 43.8 Å². The van der Waals surface area contributed by atoms with Crippen LogP contribution in [-0.4, -0.2) is 36.8 Å². The molecule has 1 aromatic carbocycles. The minimum absolute atomic E-state index is 0.0179. The van der Waals surface area contributed by atoms with Gasteiger partial charge >= 0.3 is 0 Å². The van der Waals surface area contributed by atoms with Crippen LogP contribution in [0.5, 0.6) is 0 Å². The molecule has 1 amide bonds. The average Bonchev–Trinajstić information content (AvgIpc) is 3.25. The SMILES string of the molecule is Cc1ccc(NC(=O)CSc2nnnn2C2CCCC2)cc1[N+](=O)[O-]. The first-order valence-corrected chi connectivity index (χ1v) is 8.98. The number of benzene rings is 1. The summed E-state index contributed by atoms with van der Waals surface area (Å²) in [5, 5.41) is 26.0. The average molecular weight is 362 g/mol. The third-order valence-electron chi connectivity index (χ3n) is 4.16. The zero-order valence-electron chi connectivity index (χ0n) is 13.7. The standard InChI is InChI=1S/C15H18N6O3S/c1-10-6-7-11(8-13(10)21(23)24)16-14(22)9-25-15-17-18-19-20(15)12-4-2-3-5-12/h6-8,12H,2-5,9H2,1H3,(H,16,22). The van der Waals surface area contributed by atoms with E-state index in [-0.39, 0.29) is 17.3 Å². The quantitative estimate of drug-likeness (QED) is 0.477. The first-order chi connectivity index (χ1) is 12.0. The predicted octanol–water partition coefficient (Wildman–Crippen LogP) is 2.74. The summed E-state index contributed by atoms with van der Waals surface area (Å²) in [5.41, 5.74) is 0.932. The van der Waals surface area contributed by atoms with Crippen molar-refractivity contribution in [3.8, 4) is 0 Å². The summed E-state index contributed by atoms with van der Waals surface area (Å²) in [4.78, 5) is 22.6. The summed E-state index contributed by atoms with van der Waals surface area (Å²) in [7, 11) is 0. The maximum atomic E-state index is 12.1. The molecular formula is C15H18N6O3S. The van der Waals surface area contributed by atoms with Crippen LogP contribution in [-0.2, 0) is 4.79 Å². The fourth-order valence-electron chi connectivity index (χ4n) is 2.87. The number of aryl methyl sites for hydroxylation is 1. The van der Waals surface area contributed by atoms with Crippen molar-refractivity contribution in [2.24, 2.45) is 0 Å². The number of nitro benzene ring substituents is 1. The number of amides is 1. The van der Waals surface area contributed by atoms with Crippen molar-refractivity contribution in [1.29, 1.82) is 0 Å². The van der Waals surface area contributed by atoms with Crippen LogP contribution < -0.4 is 5.32 Å². The smallest absolute Gasteiger partial charge is 0.274 e. The Kier molecular flexibility index (Phi) is 5.27. The lowest BCUT2D eigenvalue weighted by atomic mass is 10.2. The van der Waals surface area contributed by atoms with Gasteiger partial charge in [0, 0.05) is 17.3 Å². The van der Waals surface area contributed by atoms with E-state index in [1.165, 1.54) is 30.7 Å². The Morgan fingerprint density at radius 1 is 1.44 bits per heavy atom. The number of rotatable bonds is 6. The van der Waals surface area contributed by atoms with Gasteiger partial charge in [-0.15, -0.1) is 5.10 Å². The highest BCUT2D eigenvalue weighted by Crippen LogP contribution is 2.31. The van der Waals surface area contributed by atoms with E-state index in [0.29, 0.717) is 22.4 Å². The molecule has 1 aromatic heterocycles. The molecule has 1 heterocycles. The van der Waals surface area contributed by atoms with Crippen LogP contribution in [0, 0.1) is 17.0 Å². The molecule has 3 rings (SSSR count). The second kappa shape index (κ2) is 7.60. The highest BCUT2D eigenvalue weighted by Gasteiger charge is 2.22. The lowest BCUT2D eigenvalue weighted by Crippen LogP contribution is -2.15. The second-order valence-electron chi connectivity index (χ2n) is 5.94. The van der Waals surface area contributed by atoms with Crippen LogP contribution in [0.3, 0.4) is 0 Å². The van der Waals surface area contributed by atoms with Gasteiger partial charge in [-0.1, -0.05) is 30.7 Å². The zero-order valence-corrected chi connectivity index (χ0v) is 14.5. The summed E-state index contributed by atoms with van der Waals surface area (Å²) < 4.78 is 1.79. The molecule has 132 valence electrons. The van der Waals surface area contributed by atoms with Gasteiger partial charge in [0.1, 0.15) is 0 Å². The van der Waals surface area contributed by atoms with Crippen molar-refractivity contribution in [2.75, 3.05) is 11.1 Å². The number of aromatic nitrogens is 4. The first kappa shape index (κ1) is 17.3. The molecule has 9 nitrogen and oxygen atoms in total. The molecule has 0 radical (unpaired) electrons. The van der Waals surface area contributed by atoms with Gasteiger partial charge in [0.2, 0.25) is 11.1 Å². The maximum Gasteiger partial charge on any atom is 0.274 e. The molecule has 0 saturated heterocycles. The zero-order chi connectivity index (χ0) is 17.8. The summed E-state index contributed by atoms with van der Waals surface area (Å²) in [5.74, 6) is -0.126. The molecule has 1 fully saturated rings. The Bertz CT molecular complexity index is 787. The number of tetrazole rings is 1. The molecule has 2 aromatic rings. The summed E-state index contributed by atoms with van der Waals surface area (Å²) >= 11 is 1.26. The van der Waals surface area contributed by atoms with E-state index in [9.17, 15) is 14.9 Å². The van der Waals surface area contributed by atoms with Crippen molar-refractivity contribution < 1.29 is 9.72 Å². The van der Waals surface area contributed by atoms with E-state index >= 15 is 0 Å². The molecule has 10 heteroatoms. The number of hydrogen-bond donors (Lipinski definition) is 1. The van der Waals surface area contributed by atoms with E-state index < -0.39 is 4.92 Å². The predicted molar refractivity (Wildman–Crippen MR) is 92.5 cm³/mol. The molecule has 1 N–H and O–H groups in total. The third-order valence-corrected chi connectivity index (χ3v) is 5.09. The number of hydrogen-bond acceptors (Lipinski definition) is 7. The molecule has 25 heavy (non-hydrogen) atoms. The largest absolute Gasteiger partial charge is 0.325 e. The third kappa shape index (κ3) is 4.13. The van der Waals surface area contributed by atoms with Gasteiger partial charge in [0.15, 0.2) is 0 Å². The number of anilines is 1. The Balaban J connectivity index is 1.60. The van der Waals surface area contributed by atoms with E-state index in [1.54, 1.807) is 23.7 Å². The number of nitrogens with one attached hydrogen (secondary N) is 1. The van der Waals surface area contributed by atoms with Crippen LogP contribution in [0.25, 0.3) is 0 Å². The molecule has 0 aliphatic heterocycles. The fourth-order valence-corrected chi connectivity index (χ4v) is 3.61. The van der Waals surface area contributed by atoms with E-state index in [1.807, 2.05) is 0 Å². The van der Waals surface area contributed by atoms with Gasteiger partial charge in [-0.05, 0) is 36.3 Å². The number of nitro groups is 1. The van der Waals surface area contributed by atoms with E-state index in [4.69, 9.17) is 0 Å². The summed E-state index contributed by atoms with van der Waals surface area (Å²) in [6.45, 7) is 1.66. The number of carbonyl (C=O) groups excluding carboxylic acids is 1. The van der Waals surface area contributed by atoms with Crippen LogP contribution in [0.1, 0.15) is 37.3 Å².